The van der Waals surface area contributed by atoms with Crippen molar-refractivity contribution in [3.63, 3.8) is 0 Å². The monoisotopic (exact) mass is 361 g/mol. The Morgan fingerprint density at radius 2 is 2.04 bits per heavy atom. The van der Waals surface area contributed by atoms with E-state index in [-0.39, 0.29) is 16.8 Å². The lowest BCUT2D eigenvalue weighted by Crippen LogP contribution is -2.21. The predicted molar refractivity (Wildman–Crippen MR) is 93.0 cm³/mol. The number of halogens is 2. The second kappa shape index (κ2) is 6.94. The molecule has 0 aliphatic rings. The summed E-state index contributed by atoms with van der Waals surface area (Å²) >= 11 is 6.03. The topological polar surface area (TPSA) is 68.5 Å². The summed E-state index contributed by atoms with van der Waals surface area (Å²) in [5.74, 6) is -1.08. The normalized spacial score (nSPS) is 10.7. The van der Waals surface area contributed by atoms with Crippen LogP contribution in [0, 0.1) is 5.82 Å². The van der Waals surface area contributed by atoms with Crippen LogP contribution < -0.4 is 15.7 Å². The van der Waals surface area contributed by atoms with Gasteiger partial charge in [-0.2, -0.15) is 0 Å². The van der Waals surface area contributed by atoms with E-state index < -0.39 is 17.3 Å². The van der Waals surface area contributed by atoms with Crippen LogP contribution in [0.2, 0.25) is 5.02 Å². The minimum atomic E-state index is -0.857. The average Bonchev–Trinajstić information content (AvgIpc) is 2.57. The van der Waals surface area contributed by atoms with Gasteiger partial charge in [-0.15, -0.1) is 0 Å². The van der Waals surface area contributed by atoms with Gasteiger partial charge in [-0.25, -0.2) is 9.18 Å². The molecule has 0 saturated heterocycles. The maximum absolute atomic E-state index is 13.7. The van der Waals surface area contributed by atoms with Gasteiger partial charge in [0.05, 0.1) is 12.3 Å². The Labute approximate surface area is 147 Å². The van der Waals surface area contributed by atoms with E-state index >= 15 is 0 Å². The molecule has 25 heavy (non-hydrogen) atoms. The summed E-state index contributed by atoms with van der Waals surface area (Å²) in [6, 6.07) is 10.1. The zero-order valence-electron chi connectivity index (χ0n) is 13.1. The third-order valence-electron chi connectivity index (χ3n) is 3.43. The molecule has 128 valence electrons. The number of para-hydroxylation sites is 1. The third-order valence-corrected chi connectivity index (χ3v) is 3.65. The van der Waals surface area contributed by atoms with Crippen LogP contribution in [0.25, 0.3) is 11.0 Å². The van der Waals surface area contributed by atoms with E-state index in [0.717, 1.165) is 0 Å². The van der Waals surface area contributed by atoms with Crippen molar-refractivity contribution in [2.45, 2.75) is 6.92 Å². The van der Waals surface area contributed by atoms with E-state index in [1.807, 2.05) is 0 Å². The lowest BCUT2D eigenvalue weighted by molar-refractivity contribution is 0.102. The Morgan fingerprint density at radius 1 is 1.28 bits per heavy atom. The number of hydrogen-bond donors (Lipinski definition) is 1. The molecule has 2 aromatic carbocycles. The molecule has 3 rings (SSSR count). The first-order chi connectivity index (χ1) is 12.0. The van der Waals surface area contributed by atoms with E-state index in [1.54, 1.807) is 19.1 Å². The fourth-order valence-corrected chi connectivity index (χ4v) is 2.56. The lowest BCUT2D eigenvalue weighted by Gasteiger charge is -2.09. The van der Waals surface area contributed by atoms with Crippen LogP contribution in [0.3, 0.4) is 0 Å². The van der Waals surface area contributed by atoms with Crippen LogP contribution in [-0.2, 0) is 0 Å². The summed E-state index contributed by atoms with van der Waals surface area (Å²) < 4.78 is 24.3. The summed E-state index contributed by atoms with van der Waals surface area (Å²) in [4.78, 5) is 24.5. The number of hydrogen-bond acceptors (Lipinski definition) is 4. The molecule has 1 aromatic heterocycles. The second-order valence-electron chi connectivity index (χ2n) is 5.14. The number of benzene rings is 2. The highest BCUT2D eigenvalue weighted by Gasteiger charge is 2.17. The van der Waals surface area contributed by atoms with Crippen LogP contribution in [0.15, 0.2) is 51.7 Å². The number of carbonyl (C=O) groups is 1. The number of ether oxygens (including phenoxy) is 1. The fourth-order valence-electron chi connectivity index (χ4n) is 2.34. The van der Waals surface area contributed by atoms with Gasteiger partial charge in [-0.3, -0.25) is 4.79 Å². The molecular weight excluding hydrogens is 349 g/mol. The Hall–Kier alpha value is -2.86. The van der Waals surface area contributed by atoms with Crippen molar-refractivity contribution < 1.29 is 18.3 Å². The van der Waals surface area contributed by atoms with Gasteiger partial charge in [0.15, 0.2) is 11.3 Å². The second-order valence-corrected chi connectivity index (χ2v) is 5.57. The smallest absolute Gasteiger partial charge is 0.349 e. The van der Waals surface area contributed by atoms with Gasteiger partial charge in [-0.1, -0.05) is 23.7 Å². The molecule has 0 aliphatic heterocycles. The minimum absolute atomic E-state index is 0.0342. The molecule has 0 fully saturated rings. The maximum Gasteiger partial charge on any atom is 0.349 e. The first-order valence-corrected chi connectivity index (χ1v) is 7.83. The quantitative estimate of drug-likeness (QED) is 0.706. The Bertz CT molecular complexity index is 1020. The molecule has 0 radical (unpaired) electrons. The van der Waals surface area contributed by atoms with Gasteiger partial charge in [0, 0.05) is 16.5 Å². The van der Waals surface area contributed by atoms with E-state index in [0.29, 0.717) is 22.8 Å². The van der Waals surface area contributed by atoms with Crippen molar-refractivity contribution in [3.05, 3.63) is 69.3 Å². The molecule has 3 aromatic rings. The van der Waals surface area contributed by atoms with Crippen LogP contribution >= 0.6 is 11.6 Å². The van der Waals surface area contributed by atoms with E-state index in [2.05, 4.69) is 5.32 Å². The van der Waals surface area contributed by atoms with Crippen LogP contribution in [0.4, 0.5) is 10.1 Å². The first kappa shape index (κ1) is 17.0. The molecule has 1 N–H and O–H groups in total. The molecule has 0 atom stereocenters. The van der Waals surface area contributed by atoms with Crippen molar-refractivity contribution in [2.75, 3.05) is 11.9 Å². The predicted octanol–water partition coefficient (Wildman–Crippen LogP) is 4.24. The van der Waals surface area contributed by atoms with E-state index in [9.17, 15) is 14.0 Å². The number of carbonyl (C=O) groups excluding carboxylic acids is 1. The average molecular weight is 362 g/mol. The fraction of sp³-hybridized carbons (Fsp3) is 0.111. The number of amides is 1. The lowest BCUT2D eigenvalue weighted by atomic mass is 10.1. The minimum Gasteiger partial charge on any atom is -0.490 e. The van der Waals surface area contributed by atoms with Gasteiger partial charge < -0.3 is 14.5 Å². The first-order valence-electron chi connectivity index (χ1n) is 7.45. The zero-order chi connectivity index (χ0) is 18.0. The molecule has 5 nitrogen and oxygen atoms in total. The summed E-state index contributed by atoms with van der Waals surface area (Å²) in [5, 5.41) is 3.14. The number of nitrogens with one attached hydrogen (secondary N) is 1. The highest BCUT2D eigenvalue weighted by Crippen LogP contribution is 2.29. The van der Waals surface area contributed by atoms with Crippen LogP contribution in [0.5, 0.6) is 5.75 Å². The van der Waals surface area contributed by atoms with E-state index in [4.69, 9.17) is 20.8 Å². The molecular formula is C18H13ClFNO4. The molecule has 0 bridgehead atoms. The summed E-state index contributed by atoms with van der Waals surface area (Å²) in [7, 11) is 0. The highest BCUT2D eigenvalue weighted by molar-refractivity contribution is 6.31. The number of fused-ring (bicyclic) bond motifs is 1. The van der Waals surface area contributed by atoms with Crippen molar-refractivity contribution in [1.82, 2.24) is 0 Å². The van der Waals surface area contributed by atoms with Gasteiger partial charge in [-0.05, 0) is 31.2 Å². The largest absolute Gasteiger partial charge is 0.490 e. The standard InChI is InChI=1S/C18H13ClFNO4/c1-2-24-15-9-11(19)7-10-8-12(18(23)25-16(10)15)17(22)21-14-6-4-3-5-13(14)20/h3-9H,2H2,1H3,(H,21,22). The van der Waals surface area contributed by atoms with Crippen molar-refractivity contribution in [2.24, 2.45) is 0 Å². The Kier molecular flexibility index (Phi) is 4.72. The Morgan fingerprint density at radius 3 is 2.76 bits per heavy atom. The molecule has 0 saturated carbocycles. The van der Waals surface area contributed by atoms with Crippen LogP contribution in [-0.4, -0.2) is 12.5 Å². The van der Waals surface area contributed by atoms with Crippen LogP contribution in [0.1, 0.15) is 17.3 Å². The molecule has 1 amide bonds. The van der Waals surface area contributed by atoms with Crippen molar-refractivity contribution >= 4 is 34.2 Å². The molecule has 0 aliphatic carbocycles. The summed E-state index contributed by atoms with van der Waals surface area (Å²) in [6.07, 6.45) is 0. The van der Waals surface area contributed by atoms with Gasteiger partial charge in [0.25, 0.3) is 5.91 Å². The van der Waals surface area contributed by atoms with Gasteiger partial charge in [0.2, 0.25) is 0 Å². The molecule has 0 spiro atoms. The van der Waals surface area contributed by atoms with E-state index in [1.165, 1.54) is 30.3 Å². The molecule has 1 heterocycles. The summed E-state index contributed by atoms with van der Waals surface area (Å²) in [5.41, 5.74) is -0.961. The third kappa shape index (κ3) is 3.49. The van der Waals surface area contributed by atoms with Crippen molar-refractivity contribution in [1.29, 1.82) is 0 Å². The number of rotatable bonds is 4. The zero-order valence-corrected chi connectivity index (χ0v) is 13.9. The van der Waals surface area contributed by atoms with Crippen molar-refractivity contribution in [3.8, 4) is 5.75 Å². The van der Waals surface area contributed by atoms with Gasteiger partial charge >= 0.3 is 5.63 Å². The van der Waals surface area contributed by atoms with Gasteiger partial charge in [0.1, 0.15) is 11.4 Å². The SMILES string of the molecule is CCOc1cc(Cl)cc2cc(C(=O)Nc3ccccc3F)c(=O)oc12. The highest BCUT2D eigenvalue weighted by atomic mass is 35.5. The molecule has 7 heteroatoms. The molecule has 0 unspecified atom stereocenters. The Balaban J connectivity index is 2.05. The summed E-state index contributed by atoms with van der Waals surface area (Å²) in [6.45, 7) is 2.13. The number of anilines is 1. The maximum atomic E-state index is 13.7.